The first-order chi connectivity index (χ1) is 12.0. The number of hydrogen-bond donors (Lipinski definition) is 1. The summed E-state index contributed by atoms with van der Waals surface area (Å²) in [4.78, 5) is 24.2. The molecule has 0 unspecified atom stereocenters. The zero-order valence-corrected chi connectivity index (χ0v) is 15.3. The van der Waals surface area contributed by atoms with Crippen LogP contribution in [0.4, 0.5) is 5.69 Å². The van der Waals surface area contributed by atoms with E-state index >= 15 is 0 Å². The number of hydrogen-bond acceptors (Lipinski definition) is 4. The van der Waals surface area contributed by atoms with Gasteiger partial charge in [0.2, 0.25) is 0 Å². The van der Waals surface area contributed by atoms with Crippen LogP contribution in [0, 0.1) is 0 Å². The lowest BCUT2D eigenvalue weighted by atomic mass is 10.1. The van der Waals surface area contributed by atoms with Crippen molar-refractivity contribution in [2.24, 2.45) is 0 Å². The molecule has 1 amide bonds. The van der Waals surface area contributed by atoms with Crippen molar-refractivity contribution in [3.05, 3.63) is 57.6 Å². The number of carbonyl (C=O) groups is 2. The van der Waals surface area contributed by atoms with Gasteiger partial charge in [0, 0.05) is 11.3 Å². The second kappa shape index (κ2) is 8.74. The average Bonchev–Trinajstić information content (AvgIpc) is 2.58. The number of ether oxygens (including phenoxy) is 2. The summed E-state index contributed by atoms with van der Waals surface area (Å²) in [5.41, 5.74) is 0.967. The summed E-state index contributed by atoms with van der Waals surface area (Å²) in [6.07, 6.45) is 0. The third-order valence-corrected chi connectivity index (χ3v) is 3.84. The molecule has 0 heterocycles. The largest absolute Gasteiger partial charge is 0.492 e. The van der Waals surface area contributed by atoms with E-state index in [-0.39, 0.29) is 23.1 Å². The van der Waals surface area contributed by atoms with Crippen LogP contribution in [0.1, 0.15) is 34.6 Å². The molecule has 2 aromatic carbocycles. The average molecular weight is 382 g/mol. The van der Waals surface area contributed by atoms with Gasteiger partial charge < -0.3 is 14.8 Å². The van der Waals surface area contributed by atoms with E-state index < -0.39 is 5.97 Å². The molecule has 0 saturated carbocycles. The molecule has 0 saturated heterocycles. The molecule has 0 aliphatic heterocycles. The van der Waals surface area contributed by atoms with Gasteiger partial charge in [-0.2, -0.15) is 0 Å². The molecule has 0 spiro atoms. The zero-order valence-electron chi connectivity index (χ0n) is 13.8. The first-order valence-electron chi connectivity index (χ1n) is 7.66. The third-order valence-electron chi connectivity index (χ3n) is 3.21. The van der Waals surface area contributed by atoms with Gasteiger partial charge in [-0.3, -0.25) is 4.79 Å². The van der Waals surface area contributed by atoms with Crippen molar-refractivity contribution in [3.63, 3.8) is 0 Å². The van der Waals surface area contributed by atoms with E-state index in [0.29, 0.717) is 28.6 Å². The highest BCUT2D eigenvalue weighted by molar-refractivity contribution is 6.34. The monoisotopic (exact) mass is 381 g/mol. The van der Waals surface area contributed by atoms with Crippen LogP contribution in [0.2, 0.25) is 10.0 Å². The lowest BCUT2D eigenvalue weighted by Crippen LogP contribution is -2.13. The maximum absolute atomic E-state index is 12.4. The Balaban J connectivity index is 2.19. The summed E-state index contributed by atoms with van der Waals surface area (Å²) in [6, 6.07) is 9.34. The molecule has 25 heavy (non-hydrogen) atoms. The molecule has 2 rings (SSSR count). The minimum absolute atomic E-state index is 0.186. The van der Waals surface area contributed by atoms with Gasteiger partial charge in [-0.05, 0) is 50.2 Å². The van der Waals surface area contributed by atoms with Crippen LogP contribution in [-0.4, -0.2) is 25.1 Å². The summed E-state index contributed by atoms with van der Waals surface area (Å²) in [5.74, 6) is -0.411. The Morgan fingerprint density at radius 1 is 1.00 bits per heavy atom. The van der Waals surface area contributed by atoms with Crippen molar-refractivity contribution >= 4 is 40.8 Å². The van der Waals surface area contributed by atoms with Gasteiger partial charge in [0.1, 0.15) is 5.75 Å². The number of carbonyl (C=O) groups excluding carboxylic acids is 2. The lowest BCUT2D eigenvalue weighted by molar-refractivity contribution is 0.0526. The maximum atomic E-state index is 12.4. The van der Waals surface area contributed by atoms with Gasteiger partial charge >= 0.3 is 5.97 Å². The van der Waals surface area contributed by atoms with E-state index in [1.807, 2.05) is 6.92 Å². The molecular weight excluding hydrogens is 365 g/mol. The first-order valence-corrected chi connectivity index (χ1v) is 8.42. The fraction of sp³-hybridized carbons (Fsp3) is 0.222. The third kappa shape index (κ3) is 4.87. The standard InChI is InChI=1S/C18H17Cl2NO4/c1-3-24-16-8-5-11(9-15(16)20)17(22)21-12-6-7-14(19)13(10-12)18(23)25-4-2/h5-10H,3-4H2,1-2H3,(H,21,22). The van der Waals surface area contributed by atoms with E-state index in [9.17, 15) is 9.59 Å². The van der Waals surface area contributed by atoms with Crippen LogP contribution in [0.3, 0.4) is 0 Å². The van der Waals surface area contributed by atoms with E-state index in [1.165, 1.54) is 18.2 Å². The van der Waals surface area contributed by atoms with Crippen LogP contribution in [-0.2, 0) is 4.74 Å². The zero-order chi connectivity index (χ0) is 18.4. The summed E-state index contributed by atoms with van der Waals surface area (Å²) < 4.78 is 10.3. The number of nitrogens with one attached hydrogen (secondary N) is 1. The molecule has 0 atom stereocenters. The minimum atomic E-state index is -0.548. The van der Waals surface area contributed by atoms with Gasteiger partial charge in [-0.15, -0.1) is 0 Å². The molecule has 2 aromatic rings. The van der Waals surface area contributed by atoms with E-state index in [0.717, 1.165) is 0 Å². The molecule has 0 aliphatic rings. The first kappa shape index (κ1) is 19.1. The highest BCUT2D eigenvalue weighted by Gasteiger charge is 2.14. The predicted molar refractivity (Wildman–Crippen MR) is 98.0 cm³/mol. The number of esters is 1. The molecule has 0 aliphatic carbocycles. The predicted octanol–water partition coefficient (Wildman–Crippen LogP) is 4.82. The van der Waals surface area contributed by atoms with Crippen molar-refractivity contribution < 1.29 is 19.1 Å². The maximum Gasteiger partial charge on any atom is 0.339 e. The molecule has 7 heteroatoms. The van der Waals surface area contributed by atoms with Crippen LogP contribution >= 0.6 is 23.2 Å². The normalized spacial score (nSPS) is 10.2. The summed E-state index contributed by atoms with van der Waals surface area (Å²) in [6.45, 7) is 4.26. The molecule has 0 radical (unpaired) electrons. The second-order valence-electron chi connectivity index (χ2n) is 4.95. The molecule has 1 N–H and O–H groups in total. The Kier molecular flexibility index (Phi) is 6.67. The fourth-order valence-electron chi connectivity index (χ4n) is 2.09. The Hall–Kier alpha value is -2.24. The summed E-state index contributed by atoms with van der Waals surface area (Å²) >= 11 is 12.1. The van der Waals surface area contributed by atoms with Crippen LogP contribution < -0.4 is 10.1 Å². The van der Waals surface area contributed by atoms with E-state index in [4.69, 9.17) is 32.7 Å². The van der Waals surface area contributed by atoms with Crippen molar-refractivity contribution in [2.45, 2.75) is 13.8 Å². The van der Waals surface area contributed by atoms with Crippen molar-refractivity contribution in [1.82, 2.24) is 0 Å². The SMILES string of the molecule is CCOC(=O)c1cc(NC(=O)c2ccc(OCC)c(Cl)c2)ccc1Cl. The number of halogens is 2. The molecule has 0 bridgehead atoms. The topological polar surface area (TPSA) is 64.6 Å². The Morgan fingerprint density at radius 2 is 1.76 bits per heavy atom. The van der Waals surface area contributed by atoms with Crippen LogP contribution in [0.15, 0.2) is 36.4 Å². The lowest BCUT2D eigenvalue weighted by Gasteiger charge is -2.10. The van der Waals surface area contributed by atoms with E-state index in [1.54, 1.807) is 25.1 Å². The second-order valence-corrected chi connectivity index (χ2v) is 5.76. The van der Waals surface area contributed by atoms with Gasteiger partial charge in [0.15, 0.2) is 0 Å². The quantitative estimate of drug-likeness (QED) is 0.728. The molecule has 5 nitrogen and oxygen atoms in total. The van der Waals surface area contributed by atoms with Crippen molar-refractivity contribution in [3.8, 4) is 5.75 Å². The van der Waals surface area contributed by atoms with Crippen LogP contribution in [0.5, 0.6) is 5.75 Å². The van der Waals surface area contributed by atoms with Gasteiger partial charge in [0.05, 0.1) is 28.8 Å². The Bertz CT molecular complexity index is 793. The van der Waals surface area contributed by atoms with Gasteiger partial charge in [-0.1, -0.05) is 23.2 Å². The number of benzene rings is 2. The summed E-state index contributed by atoms with van der Waals surface area (Å²) in [7, 11) is 0. The highest BCUT2D eigenvalue weighted by Crippen LogP contribution is 2.26. The number of rotatable bonds is 6. The Morgan fingerprint density at radius 3 is 2.40 bits per heavy atom. The smallest absolute Gasteiger partial charge is 0.339 e. The molecule has 0 aromatic heterocycles. The summed E-state index contributed by atoms with van der Waals surface area (Å²) in [5, 5.41) is 3.29. The molecular formula is C18H17Cl2NO4. The number of amides is 1. The van der Waals surface area contributed by atoms with Crippen molar-refractivity contribution in [2.75, 3.05) is 18.5 Å². The minimum Gasteiger partial charge on any atom is -0.492 e. The Labute approximate surface area is 155 Å². The number of anilines is 1. The van der Waals surface area contributed by atoms with Crippen molar-refractivity contribution in [1.29, 1.82) is 0 Å². The van der Waals surface area contributed by atoms with Gasteiger partial charge in [0.25, 0.3) is 5.91 Å². The van der Waals surface area contributed by atoms with Crippen LogP contribution in [0.25, 0.3) is 0 Å². The molecule has 132 valence electrons. The molecule has 0 fully saturated rings. The van der Waals surface area contributed by atoms with E-state index in [2.05, 4.69) is 5.32 Å². The highest BCUT2D eigenvalue weighted by atomic mass is 35.5. The fourth-order valence-corrected chi connectivity index (χ4v) is 2.52. The van der Waals surface area contributed by atoms with Gasteiger partial charge in [-0.25, -0.2) is 4.79 Å².